The molecular weight excluding hydrogens is 463 g/mol. The number of ether oxygens (including phenoxy) is 2. The lowest BCUT2D eigenvalue weighted by Gasteiger charge is -2.18. The third kappa shape index (κ3) is 22.0. The van der Waals surface area contributed by atoms with Crippen molar-refractivity contribution in [3.63, 3.8) is 0 Å². The Bertz CT molecular complexity index is 661. The average molecular weight is 513 g/mol. The van der Waals surface area contributed by atoms with Crippen molar-refractivity contribution in [2.45, 2.75) is 110 Å². The summed E-state index contributed by atoms with van der Waals surface area (Å²) in [5.74, 6) is 0. The Hall–Kier alpha value is -1.01. The maximum atomic E-state index is 11.0. The molecule has 202 valence electrons. The van der Waals surface area contributed by atoms with Gasteiger partial charge in [-0.05, 0) is 37.7 Å². The molecule has 0 aliphatic rings. The molecule has 1 aromatic rings. The first-order valence-electron chi connectivity index (χ1n) is 13.6. The van der Waals surface area contributed by atoms with Gasteiger partial charge in [-0.3, -0.25) is 4.52 Å². The van der Waals surface area contributed by atoms with Gasteiger partial charge >= 0.3 is 7.82 Å². The van der Waals surface area contributed by atoms with E-state index in [1.165, 1.54) is 77.0 Å². The van der Waals surface area contributed by atoms with E-state index in [0.29, 0.717) is 13.2 Å². The van der Waals surface area contributed by atoms with Gasteiger partial charge in [-0.15, -0.1) is 0 Å². The fourth-order valence-electron chi connectivity index (χ4n) is 3.78. The van der Waals surface area contributed by atoms with Gasteiger partial charge < -0.3 is 19.3 Å². The Labute approximate surface area is 213 Å². The predicted molar refractivity (Wildman–Crippen MR) is 143 cm³/mol. The second-order valence-electron chi connectivity index (χ2n) is 9.22. The van der Waals surface area contributed by atoms with E-state index in [1.807, 2.05) is 30.3 Å². The molecule has 1 rings (SSSR count). The normalized spacial score (nSPS) is 13.0. The largest absolute Gasteiger partial charge is 0.469 e. The summed E-state index contributed by atoms with van der Waals surface area (Å²) in [5.41, 5.74) is 0.988. The van der Waals surface area contributed by atoms with Crippen LogP contribution in [-0.2, 0) is 25.2 Å². The highest BCUT2D eigenvalue weighted by Gasteiger charge is 2.19. The summed E-state index contributed by atoms with van der Waals surface area (Å²) in [6.45, 7) is 3.26. The van der Waals surface area contributed by atoms with Crippen LogP contribution in [0.5, 0.6) is 0 Å². The third-order valence-corrected chi connectivity index (χ3v) is 6.35. The van der Waals surface area contributed by atoms with Crippen LogP contribution >= 0.6 is 7.82 Å². The Morgan fingerprint density at radius 2 is 1.37 bits per heavy atom. The number of benzene rings is 1. The highest BCUT2D eigenvalue weighted by Crippen LogP contribution is 2.35. The van der Waals surface area contributed by atoms with Gasteiger partial charge in [-0.1, -0.05) is 107 Å². The molecule has 0 aliphatic carbocycles. The minimum atomic E-state index is -4.53. The van der Waals surface area contributed by atoms with Crippen molar-refractivity contribution in [1.82, 2.24) is 0 Å². The number of allylic oxidation sites excluding steroid dienone is 2. The van der Waals surface area contributed by atoms with E-state index in [0.717, 1.165) is 18.4 Å². The van der Waals surface area contributed by atoms with Crippen LogP contribution in [0.2, 0.25) is 0 Å². The molecule has 1 atom stereocenters. The standard InChI is InChI=1S/C28H49O6P/c1-2-3-4-5-6-7-8-9-10-11-12-13-14-15-16-20-23-32-25-28(26-34-35(29,30)31)33-24-27-21-18-17-19-22-27/h9-10,17-19,21-22,28H,2-8,11-16,20,23-26H2,1H3,(H2,29,30,31)/b10-9-/t28-/m1/s1. The van der Waals surface area contributed by atoms with Crippen LogP contribution in [0.25, 0.3) is 0 Å². The second kappa shape index (κ2) is 22.2. The molecule has 0 amide bonds. The van der Waals surface area contributed by atoms with Crippen LogP contribution in [0.3, 0.4) is 0 Å². The Morgan fingerprint density at radius 1 is 0.800 bits per heavy atom. The molecule has 35 heavy (non-hydrogen) atoms. The molecule has 2 N–H and O–H groups in total. The lowest BCUT2D eigenvalue weighted by Crippen LogP contribution is -2.25. The highest BCUT2D eigenvalue weighted by atomic mass is 31.2. The molecule has 0 unspecified atom stereocenters. The topological polar surface area (TPSA) is 85.2 Å². The minimum Gasteiger partial charge on any atom is -0.379 e. The number of phosphoric acid groups is 1. The Morgan fingerprint density at radius 3 is 1.97 bits per heavy atom. The fourth-order valence-corrected chi connectivity index (χ4v) is 4.14. The monoisotopic (exact) mass is 512 g/mol. The molecule has 7 heteroatoms. The van der Waals surface area contributed by atoms with Gasteiger partial charge in [0.2, 0.25) is 0 Å². The summed E-state index contributed by atoms with van der Waals surface area (Å²) in [6.07, 6.45) is 21.9. The number of hydrogen-bond donors (Lipinski definition) is 2. The van der Waals surface area contributed by atoms with E-state index in [9.17, 15) is 4.57 Å². The molecule has 0 bridgehead atoms. The summed E-state index contributed by atoms with van der Waals surface area (Å²) in [6, 6.07) is 9.65. The van der Waals surface area contributed by atoms with Crippen LogP contribution in [0, 0.1) is 0 Å². The lowest BCUT2D eigenvalue weighted by molar-refractivity contribution is -0.0493. The number of unbranched alkanes of at least 4 members (excludes halogenated alkanes) is 12. The van der Waals surface area contributed by atoms with E-state index in [1.54, 1.807) is 0 Å². The van der Waals surface area contributed by atoms with E-state index in [-0.39, 0.29) is 13.2 Å². The number of phosphoric ester groups is 1. The van der Waals surface area contributed by atoms with Crippen molar-refractivity contribution in [3.8, 4) is 0 Å². The zero-order chi connectivity index (χ0) is 25.5. The van der Waals surface area contributed by atoms with E-state index < -0.39 is 13.9 Å². The van der Waals surface area contributed by atoms with E-state index in [4.69, 9.17) is 19.3 Å². The molecule has 0 spiro atoms. The van der Waals surface area contributed by atoms with Crippen molar-refractivity contribution >= 4 is 7.82 Å². The first-order chi connectivity index (χ1) is 17.0. The molecule has 0 aliphatic heterocycles. The van der Waals surface area contributed by atoms with Crippen molar-refractivity contribution in [3.05, 3.63) is 48.0 Å². The summed E-state index contributed by atoms with van der Waals surface area (Å²) in [4.78, 5) is 17.9. The van der Waals surface area contributed by atoms with Gasteiger partial charge in [0.15, 0.2) is 0 Å². The molecule has 0 fully saturated rings. The molecule has 0 saturated carbocycles. The van der Waals surface area contributed by atoms with Crippen molar-refractivity contribution in [1.29, 1.82) is 0 Å². The quantitative estimate of drug-likeness (QED) is 0.0837. The summed E-state index contributed by atoms with van der Waals surface area (Å²) >= 11 is 0. The van der Waals surface area contributed by atoms with Gasteiger partial charge in [0.05, 0.1) is 19.8 Å². The predicted octanol–water partition coefficient (Wildman–Crippen LogP) is 7.74. The van der Waals surface area contributed by atoms with Gasteiger partial charge in [-0.2, -0.15) is 0 Å². The van der Waals surface area contributed by atoms with Gasteiger partial charge in [0.1, 0.15) is 6.10 Å². The van der Waals surface area contributed by atoms with E-state index in [2.05, 4.69) is 23.6 Å². The maximum Gasteiger partial charge on any atom is 0.469 e. The third-order valence-electron chi connectivity index (χ3n) is 5.86. The molecule has 6 nitrogen and oxygen atoms in total. The first-order valence-corrected chi connectivity index (χ1v) is 15.1. The zero-order valence-electron chi connectivity index (χ0n) is 21.8. The molecule has 0 radical (unpaired) electrons. The van der Waals surface area contributed by atoms with Crippen LogP contribution in [0.1, 0.15) is 102 Å². The molecule has 0 aromatic heterocycles. The molecular formula is C28H49O6P. The van der Waals surface area contributed by atoms with Crippen molar-refractivity contribution < 1.29 is 28.3 Å². The van der Waals surface area contributed by atoms with E-state index >= 15 is 0 Å². The molecule has 0 heterocycles. The van der Waals surface area contributed by atoms with Crippen molar-refractivity contribution in [2.24, 2.45) is 0 Å². The van der Waals surface area contributed by atoms with Gasteiger partial charge in [0, 0.05) is 6.61 Å². The number of hydrogen-bond acceptors (Lipinski definition) is 4. The zero-order valence-corrected chi connectivity index (χ0v) is 22.7. The Kier molecular flexibility index (Phi) is 20.3. The highest BCUT2D eigenvalue weighted by molar-refractivity contribution is 7.46. The number of rotatable bonds is 24. The average Bonchev–Trinajstić information content (AvgIpc) is 2.84. The van der Waals surface area contributed by atoms with Crippen LogP contribution in [0.4, 0.5) is 0 Å². The van der Waals surface area contributed by atoms with Gasteiger partial charge in [-0.25, -0.2) is 4.57 Å². The first kappa shape index (κ1) is 32.0. The lowest BCUT2D eigenvalue weighted by atomic mass is 10.1. The summed E-state index contributed by atoms with van der Waals surface area (Å²) < 4.78 is 27.1. The van der Waals surface area contributed by atoms with Crippen LogP contribution in [0.15, 0.2) is 42.5 Å². The Balaban J connectivity index is 2.00. The fraction of sp³-hybridized carbons (Fsp3) is 0.714. The maximum absolute atomic E-state index is 11.0. The van der Waals surface area contributed by atoms with Gasteiger partial charge in [0.25, 0.3) is 0 Å². The minimum absolute atomic E-state index is 0.204. The van der Waals surface area contributed by atoms with Crippen LogP contribution in [-0.4, -0.2) is 35.7 Å². The SMILES string of the molecule is CCCCCCCC/C=C\CCCCCCCCOC[C@H](COP(=O)(O)O)OCc1ccccc1. The second-order valence-corrected chi connectivity index (χ2v) is 10.5. The van der Waals surface area contributed by atoms with Crippen molar-refractivity contribution in [2.75, 3.05) is 19.8 Å². The van der Waals surface area contributed by atoms with Crippen LogP contribution < -0.4 is 0 Å². The smallest absolute Gasteiger partial charge is 0.379 e. The summed E-state index contributed by atoms with van der Waals surface area (Å²) in [7, 11) is -4.53. The molecule has 0 saturated heterocycles. The summed E-state index contributed by atoms with van der Waals surface area (Å²) in [5, 5.41) is 0. The molecule has 1 aromatic carbocycles.